The fourth-order valence-corrected chi connectivity index (χ4v) is 2.41. The second kappa shape index (κ2) is 8.75. The Labute approximate surface area is 155 Å². The number of benzene rings is 1. The summed E-state index contributed by atoms with van der Waals surface area (Å²) in [5.74, 6) is -1.65. The van der Waals surface area contributed by atoms with Crippen molar-refractivity contribution in [1.29, 1.82) is 0 Å². The molecule has 1 aromatic carbocycles. The molecule has 7 nitrogen and oxygen atoms in total. The maximum absolute atomic E-state index is 12.2. The number of ketones is 2. The van der Waals surface area contributed by atoms with E-state index in [1.807, 2.05) is 0 Å². The van der Waals surface area contributed by atoms with Crippen LogP contribution in [0.3, 0.4) is 0 Å². The van der Waals surface area contributed by atoms with Crippen LogP contribution < -0.4 is 5.56 Å². The van der Waals surface area contributed by atoms with Gasteiger partial charge in [0.15, 0.2) is 11.6 Å². The summed E-state index contributed by atoms with van der Waals surface area (Å²) in [6, 6.07) is 7.74. The molecule has 7 heteroatoms. The van der Waals surface area contributed by atoms with E-state index in [1.54, 1.807) is 31.2 Å². The number of nitrogens with one attached hydrogen (secondary N) is 1. The van der Waals surface area contributed by atoms with Crippen molar-refractivity contribution >= 4 is 23.6 Å². The van der Waals surface area contributed by atoms with E-state index in [-0.39, 0.29) is 29.9 Å². The molecule has 0 unspecified atom stereocenters. The maximum atomic E-state index is 12.2. The number of hydrogen-bond donors (Lipinski definition) is 2. The molecule has 0 spiro atoms. The van der Waals surface area contributed by atoms with E-state index in [1.165, 1.54) is 25.3 Å². The molecule has 0 fully saturated rings. The van der Waals surface area contributed by atoms with Gasteiger partial charge in [-0.25, -0.2) is 0 Å². The highest BCUT2D eigenvalue weighted by atomic mass is 16.5. The summed E-state index contributed by atoms with van der Waals surface area (Å²) in [7, 11) is 1.26. The molecule has 0 amide bonds. The molecule has 2 N–H and O–H groups in total. The van der Waals surface area contributed by atoms with Gasteiger partial charge in [0.05, 0.1) is 13.5 Å². The second-order valence-electron chi connectivity index (χ2n) is 5.86. The van der Waals surface area contributed by atoms with Crippen LogP contribution in [0.15, 0.2) is 41.2 Å². The van der Waals surface area contributed by atoms with E-state index in [4.69, 9.17) is 0 Å². The molecule has 0 radical (unpaired) electrons. The Morgan fingerprint density at radius 1 is 1.15 bits per heavy atom. The molecule has 1 heterocycles. The summed E-state index contributed by atoms with van der Waals surface area (Å²) in [4.78, 5) is 49.5. The van der Waals surface area contributed by atoms with Gasteiger partial charge in [-0.3, -0.25) is 19.2 Å². The number of Topliss-reactive ketones (excluding diaryl/α,β-unsaturated/α-hetero) is 1. The summed E-state index contributed by atoms with van der Waals surface area (Å²) < 4.78 is 4.50. The molecular weight excluding hydrogens is 350 g/mol. The number of esters is 1. The lowest BCUT2D eigenvalue weighted by atomic mass is 10.0. The van der Waals surface area contributed by atoms with Gasteiger partial charge in [0.1, 0.15) is 11.3 Å². The Bertz CT molecular complexity index is 953. The normalized spacial score (nSPS) is 10.7. The van der Waals surface area contributed by atoms with Crippen molar-refractivity contribution in [2.45, 2.75) is 19.8 Å². The van der Waals surface area contributed by atoms with E-state index in [2.05, 4.69) is 9.72 Å². The first-order valence-electron chi connectivity index (χ1n) is 8.17. The molecule has 0 aliphatic rings. The SMILES string of the molecule is COC(=O)CCC(=O)c1ccc(/C=C/C(=O)c2c(O)cc(C)[nH]c2=O)cc1. The molecule has 0 bridgehead atoms. The molecule has 2 rings (SSSR count). The van der Waals surface area contributed by atoms with Crippen molar-refractivity contribution in [2.75, 3.05) is 7.11 Å². The van der Waals surface area contributed by atoms with Crippen molar-refractivity contribution in [3.8, 4) is 5.75 Å². The third kappa shape index (κ3) is 5.24. The average molecular weight is 369 g/mol. The number of rotatable bonds is 7. The van der Waals surface area contributed by atoms with E-state index >= 15 is 0 Å². The summed E-state index contributed by atoms with van der Waals surface area (Å²) in [6.07, 6.45) is 2.72. The standard InChI is InChI=1S/C20H19NO6/c1-12-11-17(24)19(20(26)21-12)16(23)8-5-13-3-6-14(7-4-13)15(22)9-10-18(25)27-2/h3-8,11H,9-10H2,1-2H3,(H2,21,24,26)/b8-5+. The Hall–Kier alpha value is -3.48. The molecule has 1 aromatic heterocycles. The van der Waals surface area contributed by atoms with Gasteiger partial charge in [0, 0.05) is 17.7 Å². The average Bonchev–Trinajstić information content (AvgIpc) is 2.63. The zero-order valence-electron chi connectivity index (χ0n) is 14.9. The first-order valence-corrected chi connectivity index (χ1v) is 8.17. The van der Waals surface area contributed by atoms with Gasteiger partial charge in [-0.2, -0.15) is 0 Å². The summed E-state index contributed by atoms with van der Waals surface area (Å²) >= 11 is 0. The summed E-state index contributed by atoms with van der Waals surface area (Å²) in [5, 5.41) is 9.80. The summed E-state index contributed by atoms with van der Waals surface area (Å²) in [5.41, 5.74) is 0.538. The molecule has 0 saturated carbocycles. The van der Waals surface area contributed by atoms with E-state index in [0.29, 0.717) is 16.8 Å². The fraction of sp³-hybridized carbons (Fsp3) is 0.200. The number of pyridine rings is 1. The first kappa shape index (κ1) is 19.8. The van der Waals surface area contributed by atoms with Crippen LogP contribution in [0.1, 0.15) is 44.8 Å². The first-order chi connectivity index (χ1) is 12.8. The predicted octanol–water partition coefficient (Wildman–Crippen LogP) is 2.42. The van der Waals surface area contributed by atoms with Gasteiger partial charge in [-0.15, -0.1) is 0 Å². The van der Waals surface area contributed by atoms with Crippen LogP contribution in [0.25, 0.3) is 6.08 Å². The van der Waals surface area contributed by atoms with Gasteiger partial charge < -0.3 is 14.8 Å². The number of ether oxygens (including phenoxy) is 1. The number of aromatic nitrogens is 1. The van der Waals surface area contributed by atoms with Crippen LogP contribution in [-0.4, -0.2) is 34.7 Å². The zero-order valence-corrected chi connectivity index (χ0v) is 14.9. The third-order valence-electron chi connectivity index (χ3n) is 3.84. The number of aryl methyl sites for hydroxylation is 1. The Kier molecular flexibility index (Phi) is 6.43. The number of carbonyl (C=O) groups excluding carboxylic acids is 3. The van der Waals surface area contributed by atoms with Gasteiger partial charge in [-0.05, 0) is 24.6 Å². The van der Waals surface area contributed by atoms with Gasteiger partial charge in [-0.1, -0.05) is 30.3 Å². The topological polar surface area (TPSA) is 114 Å². The Balaban J connectivity index is 2.08. The monoisotopic (exact) mass is 369 g/mol. The molecular formula is C20H19NO6. The fourth-order valence-electron chi connectivity index (χ4n) is 2.41. The third-order valence-corrected chi connectivity index (χ3v) is 3.84. The Morgan fingerprint density at radius 2 is 1.81 bits per heavy atom. The zero-order chi connectivity index (χ0) is 20.0. The summed E-state index contributed by atoms with van der Waals surface area (Å²) in [6.45, 7) is 1.60. The highest BCUT2D eigenvalue weighted by molar-refractivity contribution is 6.08. The number of aromatic hydroxyl groups is 1. The van der Waals surface area contributed by atoms with E-state index < -0.39 is 17.3 Å². The lowest BCUT2D eigenvalue weighted by molar-refractivity contribution is -0.140. The van der Waals surface area contributed by atoms with Gasteiger partial charge in [0.25, 0.3) is 5.56 Å². The van der Waals surface area contributed by atoms with Crippen LogP contribution in [-0.2, 0) is 9.53 Å². The maximum Gasteiger partial charge on any atom is 0.305 e. The van der Waals surface area contributed by atoms with Gasteiger partial charge in [0.2, 0.25) is 0 Å². The van der Waals surface area contributed by atoms with Crippen LogP contribution in [0.2, 0.25) is 0 Å². The van der Waals surface area contributed by atoms with Crippen molar-refractivity contribution in [1.82, 2.24) is 4.98 Å². The molecule has 0 aliphatic heterocycles. The molecule has 27 heavy (non-hydrogen) atoms. The lowest BCUT2D eigenvalue weighted by Gasteiger charge is -2.02. The van der Waals surface area contributed by atoms with Crippen molar-refractivity contribution in [3.63, 3.8) is 0 Å². The lowest BCUT2D eigenvalue weighted by Crippen LogP contribution is -2.17. The van der Waals surface area contributed by atoms with Crippen LogP contribution in [0, 0.1) is 6.92 Å². The van der Waals surface area contributed by atoms with Crippen LogP contribution in [0.4, 0.5) is 0 Å². The minimum absolute atomic E-state index is 0.0140. The number of hydrogen-bond acceptors (Lipinski definition) is 6. The van der Waals surface area contributed by atoms with Crippen molar-refractivity contribution < 1.29 is 24.2 Å². The van der Waals surface area contributed by atoms with Crippen molar-refractivity contribution in [3.05, 3.63) is 69.1 Å². The molecule has 2 aromatic rings. The molecule has 0 saturated heterocycles. The number of allylic oxidation sites excluding steroid dienone is 1. The molecule has 0 aliphatic carbocycles. The molecule has 0 atom stereocenters. The minimum Gasteiger partial charge on any atom is -0.507 e. The second-order valence-corrected chi connectivity index (χ2v) is 5.86. The highest BCUT2D eigenvalue weighted by Crippen LogP contribution is 2.15. The highest BCUT2D eigenvalue weighted by Gasteiger charge is 2.14. The number of carbonyl (C=O) groups is 3. The van der Waals surface area contributed by atoms with Crippen LogP contribution >= 0.6 is 0 Å². The number of methoxy groups -OCH3 is 1. The number of H-pyrrole nitrogens is 1. The smallest absolute Gasteiger partial charge is 0.305 e. The van der Waals surface area contributed by atoms with Crippen LogP contribution in [0.5, 0.6) is 5.75 Å². The number of aromatic amines is 1. The van der Waals surface area contributed by atoms with Crippen molar-refractivity contribution in [2.24, 2.45) is 0 Å². The quantitative estimate of drug-likeness (QED) is 0.440. The van der Waals surface area contributed by atoms with E-state index in [0.717, 1.165) is 0 Å². The molecule has 140 valence electrons. The largest absolute Gasteiger partial charge is 0.507 e. The van der Waals surface area contributed by atoms with E-state index in [9.17, 15) is 24.3 Å². The predicted molar refractivity (Wildman–Crippen MR) is 98.9 cm³/mol. The van der Waals surface area contributed by atoms with Gasteiger partial charge >= 0.3 is 5.97 Å². The Morgan fingerprint density at radius 3 is 2.41 bits per heavy atom. The minimum atomic E-state index is -0.659.